The number of rotatable bonds is 2. The summed E-state index contributed by atoms with van der Waals surface area (Å²) in [4.78, 5) is 10.7. The lowest BCUT2D eigenvalue weighted by atomic mass is 9.89. The summed E-state index contributed by atoms with van der Waals surface area (Å²) in [5, 5.41) is 8.59. The molecule has 0 fully saturated rings. The van der Waals surface area contributed by atoms with Crippen LogP contribution in [0.2, 0.25) is 0 Å². The summed E-state index contributed by atoms with van der Waals surface area (Å²) in [5.41, 5.74) is -1.74. The molecule has 3 nitrogen and oxygen atoms in total. The van der Waals surface area contributed by atoms with Gasteiger partial charge in [-0.15, -0.1) is 0 Å². The molecule has 0 heterocycles. The Balaban J connectivity index is 3.47. The van der Waals surface area contributed by atoms with Crippen LogP contribution in [0.25, 0.3) is 0 Å². The molecule has 0 aromatic heterocycles. The molecule has 106 valence electrons. The Morgan fingerprint density at radius 2 is 1.53 bits per heavy atom. The summed E-state index contributed by atoms with van der Waals surface area (Å²) in [6, 6.07) is 1.83. The minimum atomic E-state index is -5.44. The molecule has 1 rings (SSSR count). The summed E-state index contributed by atoms with van der Waals surface area (Å²) >= 11 is 0. The number of hydrogen-bond acceptors (Lipinski definition) is 2. The molecule has 0 aliphatic carbocycles. The van der Waals surface area contributed by atoms with Crippen molar-refractivity contribution in [3.63, 3.8) is 0 Å². The molecule has 0 aliphatic heterocycles. The molecular formula is C10H7F6NO2. The van der Waals surface area contributed by atoms with Gasteiger partial charge in [0.15, 0.2) is 0 Å². The SMILES string of the molecule is NC(C(=O)O)(c1cccc(C(F)(F)F)c1)C(F)(F)F. The standard InChI is InChI=1S/C10H7F6NO2/c11-9(12,13)6-3-1-2-5(4-6)8(17,7(18)19)10(14,15)16/h1-4H,17H2,(H,18,19). The highest BCUT2D eigenvalue weighted by Crippen LogP contribution is 2.39. The molecule has 9 heteroatoms. The summed E-state index contributed by atoms with van der Waals surface area (Å²) in [5.74, 6) is -2.49. The van der Waals surface area contributed by atoms with Gasteiger partial charge in [-0.3, -0.25) is 0 Å². The molecule has 0 saturated heterocycles. The average molecular weight is 287 g/mol. The van der Waals surface area contributed by atoms with E-state index in [9.17, 15) is 31.1 Å². The fourth-order valence-corrected chi connectivity index (χ4v) is 1.35. The van der Waals surface area contributed by atoms with Crippen LogP contribution in [0.5, 0.6) is 0 Å². The molecular weight excluding hydrogens is 280 g/mol. The van der Waals surface area contributed by atoms with Crippen LogP contribution in [0.15, 0.2) is 24.3 Å². The van der Waals surface area contributed by atoms with Gasteiger partial charge in [0.1, 0.15) is 0 Å². The number of nitrogens with two attached hydrogens (primary N) is 1. The van der Waals surface area contributed by atoms with Gasteiger partial charge in [0, 0.05) is 0 Å². The van der Waals surface area contributed by atoms with Crippen molar-refractivity contribution in [1.29, 1.82) is 0 Å². The third-order valence-electron chi connectivity index (χ3n) is 2.43. The molecule has 0 bridgehead atoms. The van der Waals surface area contributed by atoms with E-state index in [1.807, 2.05) is 0 Å². The lowest BCUT2D eigenvalue weighted by Gasteiger charge is -2.28. The number of halogens is 6. The van der Waals surface area contributed by atoms with Crippen molar-refractivity contribution < 1.29 is 36.2 Å². The number of benzene rings is 1. The van der Waals surface area contributed by atoms with Crippen molar-refractivity contribution >= 4 is 5.97 Å². The Bertz CT molecular complexity index is 496. The summed E-state index contributed by atoms with van der Waals surface area (Å²) in [6.45, 7) is 0. The Hall–Kier alpha value is -1.77. The van der Waals surface area contributed by atoms with Crippen molar-refractivity contribution in [3.05, 3.63) is 35.4 Å². The summed E-state index contributed by atoms with van der Waals surface area (Å²) in [6.07, 6.45) is -10.3. The van der Waals surface area contributed by atoms with Crippen molar-refractivity contribution in [1.82, 2.24) is 0 Å². The van der Waals surface area contributed by atoms with E-state index in [-0.39, 0.29) is 6.07 Å². The van der Waals surface area contributed by atoms with Crippen molar-refractivity contribution in [2.45, 2.75) is 17.9 Å². The maximum atomic E-state index is 12.7. The Kier molecular flexibility index (Phi) is 3.55. The van der Waals surface area contributed by atoms with Gasteiger partial charge in [-0.05, 0) is 17.7 Å². The lowest BCUT2D eigenvalue weighted by Crippen LogP contribution is -2.56. The van der Waals surface area contributed by atoms with Crippen molar-refractivity contribution in [2.24, 2.45) is 5.73 Å². The van der Waals surface area contributed by atoms with Crippen LogP contribution in [0.3, 0.4) is 0 Å². The van der Waals surface area contributed by atoms with E-state index >= 15 is 0 Å². The normalized spacial score (nSPS) is 15.9. The van der Waals surface area contributed by atoms with Crippen LogP contribution >= 0.6 is 0 Å². The minimum absolute atomic E-state index is 0.0710. The second kappa shape index (κ2) is 4.41. The van der Waals surface area contributed by atoms with Gasteiger partial charge < -0.3 is 10.8 Å². The maximum absolute atomic E-state index is 12.7. The number of hydrogen-bond donors (Lipinski definition) is 2. The first-order valence-electron chi connectivity index (χ1n) is 4.67. The fraction of sp³-hybridized carbons (Fsp3) is 0.300. The van der Waals surface area contributed by atoms with Gasteiger partial charge >= 0.3 is 18.3 Å². The maximum Gasteiger partial charge on any atom is 0.421 e. The number of carbonyl (C=O) groups is 1. The van der Waals surface area contributed by atoms with E-state index in [2.05, 4.69) is 0 Å². The molecule has 1 aromatic carbocycles. The van der Waals surface area contributed by atoms with Gasteiger partial charge in [-0.25, -0.2) is 4.79 Å². The van der Waals surface area contributed by atoms with Gasteiger partial charge in [-0.2, -0.15) is 26.3 Å². The summed E-state index contributed by atoms with van der Waals surface area (Å²) < 4.78 is 75.2. The van der Waals surface area contributed by atoms with Crippen molar-refractivity contribution in [3.8, 4) is 0 Å². The lowest BCUT2D eigenvalue weighted by molar-refractivity contribution is -0.205. The van der Waals surface area contributed by atoms with Crippen LogP contribution in [-0.2, 0) is 16.5 Å². The molecule has 0 amide bonds. The molecule has 19 heavy (non-hydrogen) atoms. The smallest absolute Gasteiger partial charge is 0.421 e. The van der Waals surface area contributed by atoms with E-state index < -0.39 is 35.0 Å². The molecule has 3 N–H and O–H groups in total. The predicted molar refractivity (Wildman–Crippen MR) is 51.0 cm³/mol. The molecule has 0 radical (unpaired) electrons. The molecule has 0 aliphatic rings. The highest BCUT2D eigenvalue weighted by molar-refractivity contribution is 5.81. The van der Waals surface area contributed by atoms with Gasteiger partial charge in [-0.1, -0.05) is 12.1 Å². The molecule has 0 saturated carbocycles. The van der Waals surface area contributed by atoms with Gasteiger partial charge in [0.05, 0.1) is 5.56 Å². The highest BCUT2D eigenvalue weighted by Gasteiger charge is 2.59. The monoisotopic (exact) mass is 287 g/mol. The van der Waals surface area contributed by atoms with Gasteiger partial charge in [0.25, 0.3) is 0 Å². The number of carboxylic acids is 1. The predicted octanol–water partition coefficient (Wildman–Crippen LogP) is 2.51. The van der Waals surface area contributed by atoms with E-state index in [4.69, 9.17) is 10.8 Å². The fourth-order valence-electron chi connectivity index (χ4n) is 1.35. The second-order valence-electron chi connectivity index (χ2n) is 3.69. The zero-order chi connectivity index (χ0) is 15.1. The number of carboxylic acid groups (broad SMARTS) is 1. The minimum Gasteiger partial charge on any atom is -0.479 e. The Morgan fingerprint density at radius 3 is 1.89 bits per heavy atom. The van der Waals surface area contributed by atoms with E-state index in [1.165, 1.54) is 0 Å². The van der Waals surface area contributed by atoms with Crippen LogP contribution < -0.4 is 5.73 Å². The molecule has 1 atom stereocenters. The first-order valence-corrected chi connectivity index (χ1v) is 4.67. The molecule has 1 aromatic rings. The van der Waals surface area contributed by atoms with Gasteiger partial charge in [0.2, 0.25) is 5.54 Å². The highest BCUT2D eigenvalue weighted by atomic mass is 19.4. The summed E-state index contributed by atoms with van der Waals surface area (Å²) in [7, 11) is 0. The van der Waals surface area contributed by atoms with Crippen molar-refractivity contribution in [2.75, 3.05) is 0 Å². The molecule has 0 spiro atoms. The molecule has 1 unspecified atom stereocenters. The number of alkyl halides is 6. The van der Waals surface area contributed by atoms with E-state index in [0.717, 1.165) is 0 Å². The Labute approximate surface area is 102 Å². The third kappa shape index (κ3) is 2.65. The van der Waals surface area contributed by atoms with Crippen LogP contribution in [0.1, 0.15) is 11.1 Å². The first-order chi connectivity index (χ1) is 8.40. The quantitative estimate of drug-likeness (QED) is 0.821. The third-order valence-corrected chi connectivity index (χ3v) is 2.43. The van der Waals surface area contributed by atoms with Crippen LogP contribution in [0.4, 0.5) is 26.3 Å². The zero-order valence-corrected chi connectivity index (χ0v) is 9.01. The first kappa shape index (κ1) is 15.3. The van der Waals surface area contributed by atoms with Crippen LogP contribution in [0, 0.1) is 0 Å². The average Bonchev–Trinajstić information content (AvgIpc) is 2.25. The topological polar surface area (TPSA) is 63.3 Å². The van der Waals surface area contributed by atoms with E-state index in [1.54, 1.807) is 0 Å². The largest absolute Gasteiger partial charge is 0.479 e. The Morgan fingerprint density at radius 1 is 1.05 bits per heavy atom. The van der Waals surface area contributed by atoms with Crippen LogP contribution in [-0.4, -0.2) is 17.3 Å². The zero-order valence-electron chi connectivity index (χ0n) is 9.01. The number of aliphatic carboxylic acids is 1. The van der Waals surface area contributed by atoms with E-state index in [0.29, 0.717) is 18.2 Å². The second-order valence-corrected chi connectivity index (χ2v) is 3.69.